The normalized spacial score (nSPS) is 11.0. The van der Waals surface area contributed by atoms with Gasteiger partial charge in [-0.3, -0.25) is 69.8 Å². The summed E-state index contributed by atoms with van der Waals surface area (Å²) in [5.74, 6) is 0. The maximum atomic E-state index is 10.9. The van der Waals surface area contributed by atoms with Crippen LogP contribution in [0, 0.1) is 60.7 Å². The summed E-state index contributed by atoms with van der Waals surface area (Å²) in [6.07, 6.45) is 0. The van der Waals surface area contributed by atoms with Crippen LogP contribution in [0.5, 0.6) is 0 Å². The van der Waals surface area contributed by atoms with Crippen LogP contribution in [0.3, 0.4) is 0 Å². The van der Waals surface area contributed by atoms with Gasteiger partial charge in [-0.1, -0.05) is 0 Å². The van der Waals surface area contributed by atoms with Crippen LogP contribution in [0.4, 0.5) is 34.1 Å². The second-order valence-corrected chi connectivity index (χ2v) is 8.83. The Labute approximate surface area is 205 Å². The summed E-state index contributed by atoms with van der Waals surface area (Å²) < 4.78 is 61.0. The molecule has 2 N–H and O–H groups in total. The van der Waals surface area contributed by atoms with Crippen molar-refractivity contribution in [3.05, 3.63) is 85.0 Å². The predicted octanol–water partition coefficient (Wildman–Crippen LogP) is 1.32. The summed E-state index contributed by atoms with van der Waals surface area (Å²) >= 11 is 0. The number of hydrogen-bond donors (Lipinski definition) is 2. The zero-order valence-corrected chi connectivity index (χ0v) is 18.9. The molecule has 0 aromatic heterocycles. The number of nitrogens with zero attached hydrogens (tertiary/aromatic N) is 6. The fourth-order valence-corrected chi connectivity index (χ4v) is 3.84. The minimum atomic E-state index is -5.15. The van der Waals surface area contributed by atoms with E-state index in [0.29, 0.717) is 24.3 Å². The van der Waals surface area contributed by atoms with E-state index in [1.54, 1.807) is 0 Å². The van der Waals surface area contributed by atoms with Crippen LogP contribution in [0.1, 0.15) is 0 Å². The lowest BCUT2D eigenvalue weighted by Gasteiger charge is -2.01. The quantitative estimate of drug-likeness (QED) is 0.250. The highest BCUT2D eigenvalue weighted by Crippen LogP contribution is 2.41. The molecule has 0 radical (unpaired) electrons. The molecule has 0 amide bonds. The SMILES string of the molecule is O=[N+]([O-])c1ccc(S(=O)(=O)O)c([N+](=O)[O-])c1[N+](=O)[O-].O=[N+]([O-])c1ccc(S(=O)(=O)O)c([N+](=O)[O-])c1[N+](=O)[O-]. The first kappa shape index (κ1) is 30.7. The fraction of sp³-hybridized carbons (Fsp3) is 0. The molecule has 2 aromatic rings. The number of nitro groups is 6. The lowest BCUT2D eigenvalue weighted by atomic mass is 10.2. The van der Waals surface area contributed by atoms with Crippen LogP contribution < -0.4 is 0 Å². The van der Waals surface area contributed by atoms with E-state index in [1.807, 2.05) is 0 Å². The van der Waals surface area contributed by atoms with Gasteiger partial charge in [0.2, 0.25) is 0 Å². The van der Waals surface area contributed by atoms with E-state index < -0.39 is 93.7 Å². The van der Waals surface area contributed by atoms with E-state index in [0.717, 1.165) is 0 Å². The third kappa shape index (κ3) is 6.45. The molecule has 24 nitrogen and oxygen atoms in total. The molecule has 0 heterocycles. The van der Waals surface area contributed by atoms with Crippen LogP contribution >= 0.6 is 0 Å². The van der Waals surface area contributed by atoms with Gasteiger partial charge in [0.1, 0.15) is 0 Å². The Balaban J connectivity index is 0.000000380. The van der Waals surface area contributed by atoms with Crippen molar-refractivity contribution in [2.45, 2.75) is 9.79 Å². The Bertz CT molecular complexity index is 1510. The monoisotopic (exact) mass is 586 g/mol. The summed E-state index contributed by atoms with van der Waals surface area (Å²) in [5, 5.41) is 63.7. The highest BCUT2D eigenvalue weighted by Gasteiger charge is 2.43. The first-order valence-corrected chi connectivity index (χ1v) is 11.2. The van der Waals surface area contributed by atoms with Gasteiger partial charge in [-0.25, -0.2) is 0 Å². The highest BCUT2D eigenvalue weighted by atomic mass is 32.2. The zero-order chi connectivity index (χ0) is 29.9. The average Bonchev–Trinajstić information content (AvgIpc) is 2.75. The van der Waals surface area contributed by atoms with Crippen molar-refractivity contribution >= 4 is 54.4 Å². The topological polar surface area (TPSA) is 368 Å². The molecule has 0 saturated carbocycles. The number of nitro benzene ring substituents is 6. The molecule has 2 rings (SSSR count). The molecule has 0 unspecified atom stereocenters. The molecule has 2 aromatic carbocycles. The average molecular weight is 586 g/mol. The van der Waals surface area contributed by atoms with Crippen LogP contribution in [0.2, 0.25) is 0 Å². The second kappa shape index (κ2) is 10.7. The second-order valence-electron chi connectivity index (χ2n) is 6.05. The third-order valence-electron chi connectivity index (χ3n) is 3.87. The van der Waals surface area contributed by atoms with Crippen molar-refractivity contribution in [3.8, 4) is 0 Å². The zero-order valence-electron chi connectivity index (χ0n) is 17.2. The maximum Gasteiger partial charge on any atom is 0.423 e. The van der Waals surface area contributed by atoms with Gasteiger partial charge < -0.3 is 0 Å². The smallest absolute Gasteiger partial charge is 0.282 e. The third-order valence-corrected chi connectivity index (χ3v) is 5.64. The summed E-state index contributed by atoms with van der Waals surface area (Å²) in [6.45, 7) is 0. The molecule has 0 spiro atoms. The minimum absolute atomic E-state index is 0.346. The molecule has 0 saturated heterocycles. The van der Waals surface area contributed by atoms with E-state index in [9.17, 15) is 77.5 Å². The van der Waals surface area contributed by atoms with Gasteiger partial charge in [-0.2, -0.15) is 16.8 Å². The van der Waals surface area contributed by atoms with Gasteiger partial charge in [-0.15, -0.1) is 0 Å². The van der Waals surface area contributed by atoms with Crippen molar-refractivity contribution in [1.29, 1.82) is 0 Å². The Morgan fingerprint density at radius 2 is 0.684 bits per heavy atom. The summed E-state index contributed by atoms with van der Waals surface area (Å²) in [4.78, 5) is 52.4. The van der Waals surface area contributed by atoms with Crippen LogP contribution in [0.15, 0.2) is 34.1 Å². The molecular weight excluding hydrogens is 580 g/mol. The molecule has 204 valence electrons. The van der Waals surface area contributed by atoms with E-state index in [2.05, 4.69) is 0 Å². The van der Waals surface area contributed by atoms with Crippen molar-refractivity contribution in [2.75, 3.05) is 0 Å². The Morgan fingerprint density at radius 3 is 0.842 bits per heavy atom. The largest absolute Gasteiger partial charge is 0.423 e. The van der Waals surface area contributed by atoms with Crippen molar-refractivity contribution in [3.63, 3.8) is 0 Å². The van der Waals surface area contributed by atoms with Gasteiger partial charge >= 0.3 is 54.4 Å². The first-order valence-electron chi connectivity index (χ1n) is 8.29. The van der Waals surface area contributed by atoms with Crippen LogP contribution in [0.25, 0.3) is 0 Å². The molecule has 0 fully saturated rings. The molecule has 0 bridgehead atoms. The molecular formula is C12H6N6O18S2. The van der Waals surface area contributed by atoms with E-state index >= 15 is 0 Å². The summed E-state index contributed by atoms with van der Waals surface area (Å²) in [5.41, 5.74) is -9.09. The maximum absolute atomic E-state index is 10.9. The Kier molecular flexibility index (Phi) is 8.67. The molecule has 38 heavy (non-hydrogen) atoms. The van der Waals surface area contributed by atoms with E-state index in [1.165, 1.54) is 0 Å². The van der Waals surface area contributed by atoms with Crippen molar-refractivity contribution in [1.82, 2.24) is 0 Å². The molecule has 26 heteroatoms. The van der Waals surface area contributed by atoms with Gasteiger partial charge in [0.25, 0.3) is 0 Å². The summed E-state index contributed by atoms with van der Waals surface area (Å²) in [7, 11) is -10.3. The fourth-order valence-electron chi connectivity index (χ4n) is 2.52. The standard InChI is InChI=1S/2C6H3N3O9S/c2*10-7(11)3-1-2-4(19(16,17)18)6(9(14)15)5(3)8(12)13/h2*1-2H,(H,16,17,18). The first-order chi connectivity index (χ1) is 17.1. The number of benzene rings is 2. The Hall–Kier alpha value is -5.34. The predicted molar refractivity (Wildman–Crippen MR) is 112 cm³/mol. The number of hydrogen-bond acceptors (Lipinski definition) is 16. The van der Waals surface area contributed by atoms with Crippen molar-refractivity contribution < 1.29 is 55.5 Å². The summed E-state index contributed by atoms with van der Waals surface area (Å²) in [6, 6.07) is 1.46. The van der Waals surface area contributed by atoms with Gasteiger partial charge in [-0.05, 0) is 12.1 Å². The van der Waals surface area contributed by atoms with Gasteiger partial charge in [0.15, 0.2) is 9.79 Å². The van der Waals surface area contributed by atoms with E-state index in [-0.39, 0.29) is 0 Å². The minimum Gasteiger partial charge on any atom is -0.282 e. The highest BCUT2D eigenvalue weighted by molar-refractivity contribution is 7.86. The molecule has 0 aliphatic heterocycles. The molecule has 0 aliphatic carbocycles. The molecule has 0 atom stereocenters. The lowest BCUT2D eigenvalue weighted by Crippen LogP contribution is -2.08. The van der Waals surface area contributed by atoms with E-state index in [4.69, 9.17) is 9.11 Å². The van der Waals surface area contributed by atoms with Crippen molar-refractivity contribution in [2.24, 2.45) is 0 Å². The van der Waals surface area contributed by atoms with Gasteiger partial charge in [0, 0.05) is 12.1 Å². The van der Waals surface area contributed by atoms with Crippen LogP contribution in [-0.4, -0.2) is 55.5 Å². The Morgan fingerprint density at radius 1 is 0.447 bits per heavy atom. The molecule has 0 aliphatic rings. The van der Waals surface area contributed by atoms with Gasteiger partial charge in [0.05, 0.1) is 29.5 Å². The number of rotatable bonds is 8. The van der Waals surface area contributed by atoms with Crippen LogP contribution in [-0.2, 0) is 20.2 Å². The lowest BCUT2D eigenvalue weighted by molar-refractivity contribution is -0.442.